The number of aromatic nitrogens is 3. The van der Waals surface area contributed by atoms with Gasteiger partial charge in [0.05, 0.1) is 56.1 Å². The second-order valence-corrected chi connectivity index (χ2v) is 11.1. The van der Waals surface area contributed by atoms with Gasteiger partial charge in [-0.2, -0.15) is 5.26 Å². The molecule has 11 nitrogen and oxygen atoms in total. The van der Waals surface area contributed by atoms with Crippen LogP contribution in [0.3, 0.4) is 0 Å². The number of ether oxygens (including phenoxy) is 4. The summed E-state index contributed by atoms with van der Waals surface area (Å²) in [4.78, 5) is 24.0. The van der Waals surface area contributed by atoms with Gasteiger partial charge in [-0.15, -0.1) is 0 Å². The number of carboxylic acids is 1. The maximum Gasteiger partial charge on any atom is 0.335 e. The Labute approximate surface area is 255 Å². The van der Waals surface area contributed by atoms with Crippen LogP contribution in [0, 0.1) is 11.3 Å². The molecule has 11 heteroatoms. The Morgan fingerprint density at radius 2 is 1.86 bits per heavy atom. The van der Waals surface area contributed by atoms with Gasteiger partial charge in [-0.1, -0.05) is 12.1 Å². The zero-order chi connectivity index (χ0) is 30.6. The summed E-state index contributed by atoms with van der Waals surface area (Å²) in [6.07, 6.45) is 2.95. The number of rotatable bonds is 11. The number of piperidine rings is 1. The average molecular weight is 598 g/mol. The third-order valence-corrected chi connectivity index (χ3v) is 8.45. The van der Waals surface area contributed by atoms with E-state index in [2.05, 4.69) is 21.6 Å². The molecule has 2 fully saturated rings. The summed E-state index contributed by atoms with van der Waals surface area (Å²) >= 11 is 0. The van der Waals surface area contributed by atoms with Crippen LogP contribution in [0.1, 0.15) is 58.2 Å². The molecule has 0 spiro atoms. The first kappa shape index (κ1) is 29.4. The molecule has 228 valence electrons. The van der Waals surface area contributed by atoms with Gasteiger partial charge in [-0.25, -0.2) is 14.8 Å². The number of pyridine rings is 1. The van der Waals surface area contributed by atoms with Gasteiger partial charge in [0.2, 0.25) is 5.88 Å². The number of nitriles is 1. The predicted molar refractivity (Wildman–Crippen MR) is 161 cm³/mol. The van der Waals surface area contributed by atoms with Crippen molar-refractivity contribution in [1.82, 2.24) is 19.4 Å². The van der Waals surface area contributed by atoms with E-state index in [0.29, 0.717) is 47.5 Å². The number of methoxy groups -OCH3 is 2. The monoisotopic (exact) mass is 597 g/mol. The van der Waals surface area contributed by atoms with Crippen LogP contribution in [0.15, 0.2) is 48.5 Å². The summed E-state index contributed by atoms with van der Waals surface area (Å²) in [6.45, 7) is 4.05. The van der Waals surface area contributed by atoms with E-state index in [1.165, 1.54) is 13.2 Å². The molecule has 4 aromatic rings. The molecular formula is C33H35N5O6. The molecule has 0 bridgehead atoms. The van der Waals surface area contributed by atoms with Gasteiger partial charge in [0.1, 0.15) is 29.4 Å². The molecule has 0 amide bonds. The molecule has 1 N–H and O–H groups in total. The van der Waals surface area contributed by atoms with E-state index in [4.69, 9.17) is 34.2 Å². The van der Waals surface area contributed by atoms with Crippen LogP contribution in [-0.2, 0) is 24.4 Å². The van der Waals surface area contributed by atoms with E-state index in [9.17, 15) is 9.90 Å². The maximum atomic E-state index is 11.8. The highest BCUT2D eigenvalue weighted by molar-refractivity contribution is 5.95. The molecule has 1 atom stereocenters. The normalized spacial score (nSPS) is 17.2. The van der Waals surface area contributed by atoms with Crippen LogP contribution in [0.2, 0.25) is 0 Å². The van der Waals surface area contributed by atoms with Gasteiger partial charge in [-0.05, 0) is 62.7 Å². The molecule has 2 saturated heterocycles. The van der Waals surface area contributed by atoms with E-state index in [1.54, 1.807) is 25.3 Å². The van der Waals surface area contributed by atoms with Crippen LogP contribution >= 0.6 is 0 Å². The highest BCUT2D eigenvalue weighted by Crippen LogP contribution is 2.32. The molecule has 0 saturated carbocycles. The van der Waals surface area contributed by atoms with Crippen molar-refractivity contribution in [3.63, 3.8) is 0 Å². The van der Waals surface area contributed by atoms with Gasteiger partial charge in [-0.3, -0.25) is 4.90 Å². The first-order chi connectivity index (χ1) is 21.4. The highest BCUT2D eigenvalue weighted by Gasteiger charge is 2.27. The molecule has 0 aliphatic carbocycles. The van der Waals surface area contributed by atoms with Crippen molar-refractivity contribution in [2.45, 2.75) is 51.0 Å². The first-order valence-electron chi connectivity index (χ1n) is 14.8. The lowest BCUT2D eigenvalue weighted by Gasteiger charge is -2.32. The minimum absolute atomic E-state index is 0.0925. The Morgan fingerprint density at radius 3 is 2.55 bits per heavy atom. The van der Waals surface area contributed by atoms with Gasteiger partial charge < -0.3 is 28.6 Å². The third kappa shape index (κ3) is 6.18. The van der Waals surface area contributed by atoms with E-state index in [-0.39, 0.29) is 18.3 Å². The molecule has 2 aromatic heterocycles. The van der Waals surface area contributed by atoms with Gasteiger partial charge in [0, 0.05) is 29.8 Å². The van der Waals surface area contributed by atoms with Crippen molar-refractivity contribution in [2.75, 3.05) is 33.9 Å². The van der Waals surface area contributed by atoms with Crippen LogP contribution in [0.5, 0.6) is 17.4 Å². The van der Waals surface area contributed by atoms with E-state index >= 15 is 0 Å². The van der Waals surface area contributed by atoms with Crippen LogP contribution < -0.4 is 14.2 Å². The van der Waals surface area contributed by atoms with Crippen LogP contribution in [0.4, 0.5) is 0 Å². The number of benzene rings is 2. The summed E-state index contributed by atoms with van der Waals surface area (Å²) in [5.74, 6) is 1.80. The number of aromatic carboxylic acids is 1. The first-order valence-corrected chi connectivity index (χ1v) is 14.8. The van der Waals surface area contributed by atoms with Crippen molar-refractivity contribution in [1.29, 1.82) is 5.26 Å². The van der Waals surface area contributed by atoms with E-state index in [1.807, 2.05) is 18.2 Å². The fourth-order valence-corrected chi connectivity index (χ4v) is 5.89. The Morgan fingerprint density at radius 1 is 1.07 bits per heavy atom. The fraction of sp³-hybridized carbons (Fsp3) is 0.394. The second kappa shape index (κ2) is 12.9. The molecule has 6 rings (SSSR count). The number of carboxylic acid groups (broad SMARTS) is 1. The number of imidazole rings is 1. The summed E-state index contributed by atoms with van der Waals surface area (Å²) in [7, 11) is 3.12. The molecule has 0 radical (unpaired) electrons. The highest BCUT2D eigenvalue weighted by atomic mass is 16.5. The lowest BCUT2D eigenvalue weighted by atomic mass is 9.93. The minimum atomic E-state index is -1.00. The van der Waals surface area contributed by atoms with Crippen molar-refractivity contribution in [3.05, 3.63) is 76.7 Å². The number of nitrogens with zero attached hydrogens (tertiary/aromatic N) is 5. The molecule has 0 unspecified atom stereocenters. The second-order valence-electron chi connectivity index (χ2n) is 11.1. The lowest BCUT2D eigenvalue weighted by molar-refractivity contribution is -0.0592. The van der Waals surface area contributed by atoms with Crippen LogP contribution in [0.25, 0.3) is 11.0 Å². The zero-order valence-corrected chi connectivity index (χ0v) is 24.9. The summed E-state index contributed by atoms with van der Waals surface area (Å²) in [5, 5.41) is 18.8. The fourth-order valence-electron chi connectivity index (χ4n) is 5.89. The van der Waals surface area contributed by atoms with Crippen molar-refractivity contribution in [2.24, 2.45) is 0 Å². The molecule has 2 aliphatic heterocycles. The van der Waals surface area contributed by atoms with E-state index < -0.39 is 5.97 Å². The van der Waals surface area contributed by atoms with Gasteiger partial charge in [0.15, 0.2) is 0 Å². The molecule has 2 aromatic carbocycles. The predicted octanol–water partition coefficient (Wildman–Crippen LogP) is 4.77. The Balaban J connectivity index is 1.13. The Kier molecular flexibility index (Phi) is 8.63. The minimum Gasteiger partial charge on any atom is -0.496 e. The lowest BCUT2D eigenvalue weighted by Crippen LogP contribution is -2.35. The standard InChI is InChI=1S/C33H35N5O6/c1-41-28-14-21(17-34)6-7-23(28)20-44-31-5-3-4-26(35-31)22-8-11-37(12-9-22)19-30-36-32-27(38(30)18-25-10-13-43-25)15-24(33(39)40)16-29(32)42-2/h3-7,14-16,22,25H,8-13,18-20H2,1-2H3,(H,39,40)/t25-/m0/s1. The number of fused-ring (bicyclic) bond motifs is 1. The summed E-state index contributed by atoms with van der Waals surface area (Å²) in [5.41, 5.74) is 3.98. The topological polar surface area (TPSA) is 132 Å². The van der Waals surface area contributed by atoms with Crippen molar-refractivity contribution in [3.8, 4) is 23.4 Å². The number of likely N-dealkylation sites (tertiary alicyclic amines) is 1. The number of hydrogen-bond donors (Lipinski definition) is 1. The molecule has 4 heterocycles. The molecule has 2 aliphatic rings. The molecular weight excluding hydrogens is 562 g/mol. The Bertz CT molecular complexity index is 1700. The maximum absolute atomic E-state index is 11.8. The van der Waals surface area contributed by atoms with E-state index in [0.717, 1.165) is 61.6 Å². The van der Waals surface area contributed by atoms with Crippen molar-refractivity contribution >= 4 is 17.0 Å². The zero-order valence-electron chi connectivity index (χ0n) is 24.9. The van der Waals surface area contributed by atoms with Gasteiger partial charge >= 0.3 is 5.97 Å². The number of hydrogen-bond acceptors (Lipinski definition) is 9. The SMILES string of the molecule is COc1cc(C#N)ccc1COc1cccc(C2CCN(Cc3nc4c(OC)cc(C(=O)O)cc4n3C[C@@H]3CCO3)CC2)n1. The van der Waals surface area contributed by atoms with Crippen LogP contribution in [-0.4, -0.2) is 70.5 Å². The number of carbonyl (C=O) groups is 1. The Hall–Kier alpha value is -4.66. The van der Waals surface area contributed by atoms with Crippen molar-refractivity contribution < 1.29 is 28.8 Å². The van der Waals surface area contributed by atoms with Gasteiger partial charge in [0.25, 0.3) is 0 Å². The quantitative estimate of drug-likeness (QED) is 0.258. The summed E-state index contributed by atoms with van der Waals surface area (Å²) in [6, 6.07) is 16.5. The smallest absolute Gasteiger partial charge is 0.335 e. The average Bonchev–Trinajstić information content (AvgIpc) is 3.38. The summed E-state index contributed by atoms with van der Waals surface area (Å²) < 4.78 is 24.8. The largest absolute Gasteiger partial charge is 0.496 e. The molecule has 44 heavy (non-hydrogen) atoms. The third-order valence-electron chi connectivity index (χ3n) is 8.45.